The van der Waals surface area contributed by atoms with Gasteiger partial charge in [0.15, 0.2) is 11.4 Å². The molecule has 6 rings (SSSR count). The van der Waals surface area contributed by atoms with Gasteiger partial charge in [-0.3, -0.25) is 19.4 Å². The summed E-state index contributed by atoms with van der Waals surface area (Å²) in [7, 11) is 0. The number of aliphatic imine (C=N–C) groups is 1. The Morgan fingerprint density at radius 2 is 1.43 bits per heavy atom. The minimum Gasteiger partial charge on any atom is -0.354 e. The fraction of sp³-hybridized carbons (Fsp3) is 0.500. The highest BCUT2D eigenvalue weighted by Crippen LogP contribution is 2.34. The van der Waals surface area contributed by atoms with E-state index in [2.05, 4.69) is 53.5 Å². The summed E-state index contributed by atoms with van der Waals surface area (Å²) in [6, 6.07) is 13.8. The zero-order valence-electron chi connectivity index (χ0n) is 28.5. The van der Waals surface area contributed by atoms with E-state index in [1.165, 1.54) is 0 Å². The van der Waals surface area contributed by atoms with Crippen molar-refractivity contribution in [2.75, 3.05) is 18.4 Å². The summed E-state index contributed by atoms with van der Waals surface area (Å²) in [5.74, 6) is 0.780. The predicted octanol–water partition coefficient (Wildman–Crippen LogP) is 7.19. The van der Waals surface area contributed by atoms with Gasteiger partial charge in [0, 0.05) is 43.3 Å². The summed E-state index contributed by atoms with van der Waals surface area (Å²) in [6.45, 7) is 13.6. The third-order valence-electron chi connectivity index (χ3n) is 10.6. The van der Waals surface area contributed by atoms with Gasteiger partial charge in [-0.05, 0) is 71.9 Å². The van der Waals surface area contributed by atoms with Gasteiger partial charge in [0.05, 0.1) is 11.4 Å². The molecular formula is C38H47N5O4. The average molecular weight is 638 g/mol. The molecule has 47 heavy (non-hydrogen) atoms. The van der Waals surface area contributed by atoms with Crippen molar-refractivity contribution in [2.45, 2.75) is 85.7 Å². The molecule has 3 amide bonds. The number of likely N-dealkylation sites (tertiary alicyclic amines) is 2. The molecule has 3 aliphatic rings. The van der Waals surface area contributed by atoms with Gasteiger partial charge in [0.1, 0.15) is 6.04 Å². The molecule has 0 unspecified atom stereocenters. The molecular weight excluding hydrogens is 590 g/mol. The van der Waals surface area contributed by atoms with E-state index in [0.29, 0.717) is 35.7 Å². The second-order valence-electron chi connectivity index (χ2n) is 14.2. The number of nitrogens with one attached hydrogen (secondary N) is 1. The van der Waals surface area contributed by atoms with Crippen LogP contribution in [0.2, 0.25) is 0 Å². The van der Waals surface area contributed by atoms with E-state index in [0.717, 1.165) is 60.2 Å². The second kappa shape index (κ2) is 13.5. The Morgan fingerprint density at radius 1 is 0.809 bits per heavy atom. The third kappa shape index (κ3) is 6.49. The smallest absolute Gasteiger partial charge is 0.248 e. The second-order valence-corrected chi connectivity index (χ2v) is 14.2. The normalized spacial score (nSPS) is 21.0. The quantitative estimate of drug-likeness (QED) is 0.267. The highest BCUT2D eigenvalue weighted by molar-refractivity contribution is 6.04. The van der Waals surface area contributed by atoms with Gasteiger partial charge >= 0.3 is 0 Å². The number of aromatic nitrogens is 1. The van der Waals surface area contributed by atoms with Crippen LogP contribution in [0.5, 0.6) is 0 Å². The summed E-state index contributed by atoms with van der Waals surface area (Å²) in [5, 5.41) is 7.82. The molecule has 0 spiro atoms. The van der Waals surface area contributed by atoms with E-state index in [-0.39, 0.29) is 41.5 Å². The Balaban J connectivity index is 1.12. The SMILES string of the molecule is CC(C)[C@H](C)C(=O)N1CCC[C@H]1C(=O)Nc1noc2ccc(-c3ccc(C4=CN=C([C@@H]5CCCN5C(=O)[C@@H](C)C(C)C)C4)cc3)cc12. The molecule has 3 aromatic rings. The van der Waals surface area contributed by atoms with E-state index in [1.807, 2.05) is 52.1 Å². The Kier molecular flexibility index (Phi) is 9.35. The van der Waals surface area contributed by atoms with Crippen LogP contribution < -0.4 is 5.32 Å². The number of rotatable bonds is 9. The molecule has 248 valence electrons. The summed E-state index contributed by atoms with van der Waals surface area (Å²) < 4.78 is 5.54. The highest BCUT2D eigenvalue weighted by Gasteiger charge is 2.38. The van der Waals surface area contributed by atoms with E-state index >= 15 is 0 Å². The fourth-order valence-corrected chi connectivity index (χ4v) is 6.89. The molecule has 0 radical (unpaired) electrons. The van der Waals surface area contributed by atoms with Crippen molar-refractivity contribution < 1.29 is 18.9 Å². The summed E-state index contributed by atoms with van der Waals surface area (Å²) >= 11 is 0. The van der Waals surface area contributed by atoms with E-state index in [9.17, 15) is 14.4 Å². The molecule has 4 atom stereocenters. The van der Waals surface area contributed by atoms with Crippen LogP contribution in [0.3, 0.4) is 0 Å². The molecule has 0 aliphatic carbocycles. The number of carbonyl (C=O) groups excluding carboxylic acids is 3. The van der Waals surface area contributed by atoms with E-state index < -0.39 is 6.04 Å². The van der Waals surface area contributed by atoms with Crippen LogP contribution in [-0.4, -0.2) is 63.6 Å². The van der Waals surface area contributed by atoms with Crippen molar-refractivity contribution in [1.29, 1.82) is 0 Å². The zero-order valence-corrected chi connectivity index (χ0v) is 28.5. The molecule has 1 aromatic heterocycles. The molecule has 3 aliphatic heterocycles. The predicted molar refractivity (Wildman–Crippen MR) is 186 cm³/mol. The van der Waals surface area contributed by atoms with Crippen LogP contribution in [0.4, 0.5) is 5.82 Å². The molecule has 2 fully saturated rings. The number of amides is 3. The lowest BCUT2D eigenvalue weighted by Crippen LogP contribution is -2.46. The first-order valence-electron chi connectivity index (χ1n) is 17.2. The maximum Gasteiger partial charge on any atom is 0.248 e. The van der Waals surface area contributed by atoms with Gasteiger partial charge in [-0.25, -0.2) is 0 Å². The Hall–Kier alpha value is -4.27. The lowest BCUT2D eigenvalue weighted by atomic mass is 9.94. The first-order chi connectivity index (χ1) is 22.5. The van der Waals surface area contributed by atoms with Crippen molar-refractivity contribution >= 4 is 45.8 Å². The van der Waals surface area contributed by atoms with Gasteiger partial charge in [-0.2, -0.15) is 0 Å². The Morgan fingerprint density at radius 3 is 2.13 bits per heavy atom. The monoisotopic (exact) mass is 637 g/mol. The lowest BCUT2D eigenvalue weighted by Gasteiger charge is -2.29. The molecule has 0 saturated carbocycles. The van der Waals surface area contributed by atoms with Crippen molar-refractivity contribution in [3.05, 3.63) is 54.2 Å². The van der Waals surface area contributed by atoms with Gasteiger partial charge in [0.25, 0.3) is 0 Å². The number of carbonyl (C=O) groups is 3. The number of allylic oxidation sites excluding steroid dienone is 1. The number of fused-ring (bicyclic) bond motifs is 1. The minimum absolute atomic E-state index is 0.00814. The molecule has 9 nitrogen and oxygen atoms in total. The molecule has 0 bridgehead atoms. The van der Waals surface area contributed by atoms with Crippen LogP contribution in [0.25, 0.3) is 27.7 Å². The number of hydrogen-bond acceptors (Lipinski definition) is 6. The largest absolute Gasteiger partial charge is 0.354 e. The van der Waals surface area contributed by atoms with Crippen LogP contribution in [0.15, 0.2) is 58.2 Å². The maximum absolute atomic E-state index is 13.4. The van der Waals surface area contributed by atoms with Crippen LogP contribution in [0, 0.1) is 23.7 Å². The standard InChI is InChI=1S/C38H47N5O4/c1-22(2)24(5)37(45)42-17-7-9-32(42)31-20-29(21-39-31)27-13-11-26(12-14-27)28-15-16-34-30(19-28)35(41-47-34)40-36(44)33-10-8-18-43(33)38(46)25(6)23(3)4/h11-16,19,21-25,32-33H,7-10,17-18,20H2,1-6H3,(H,40,41,44)/t24-,25-,32-,33-/m0/s1. The lowest BCUT2D eigenvalue weighted by molar-refractivity contribution is -0.140. The topological polar surface area (TPSA) is 108 Å². The third-order valence-corrected chi connectivity index (χ3v) is 10.6. The molecule has 9 heteroatoms. The molecule has 2 aromatic carbocycles. The van der Waals surface area contributed by atoms with Crippen LogP contribution in [-0.2, 0) is 14.4 Å². The van der Waals surface area contributed by atoms with Gasteiger partial charge < -0.3 is 19.6 Å². The summed E-state index contributed by atoms with van der Waals surface area (Å²) in [6.07, 6.45) is 6.13. The number of benzene rings is 2. The molecule has 2 saturated heterocycles. The van der Waals surface area contributed by atoms with Crippen molar-refractivity contribution in [3.63, 3.8) is 0 Å². The van der Waals surface area contributed by atoms with E-state index in [4.69, 9.17) is 9.52 Å². The van der Waals surface area contributed by atoms with Crippen molar-refractivity contribution in [1.82, 2.24) is 15.0 Å². The minimum atomic E-state index is -0.513. The van der Waals surface area contributed by atoms with Gasteiger partial charge in [-0.15, -0.1) is 0 Å². The Bertz CT molecular complexity index is 1720. The highest BCUT2D eigenvalue weighted by atomic mass is 16.5. The van der Waals surface area contributed by atoms with Gasteiger partial charge in [0.2, 0.25) is 17.7 Å². The first-order valence-corrected chi connectivity index (χ1v) is 17.2. The van der Waals surface area contributed by atoms with Crippen molar-refractivity contribution in [3.8, 4) is 11.1 Å². The van der Waals surface area contributed by atoms with Crippen molar-refractivity contribution in [2.24, 2.45) is 28.7 Å². The van der Waals surface area contributed by atoms with E-state index in [1.54, 1.807) is 4.90 Å². The molecule has 4 heterocycles. The first kappa shape index (κ1) is 32.7. The number of anilines is 1. The van der Waals surface area contributed by atoms with Crippen LogP contribution in [0.1, 0.15) is 79.2 Å². The summed E-state index contributed by atoms with van der Waals surface area (Å²) in [5.41, 5.74) is 5.93. The Labute approximate surface area is 277 Å². The number of nitrogens with zero attached hydrogens (tertiary/aromatic N) is 4. The van der Waals surface area contributed by atoms with Crippen LogP contribution >= 0.6 is 0 Å². The number of hydrogen-bond donors (Lipinski definition) is 1. The van der Waals surface area contributed by atoms with Gasteiger partial charge in [-0.1, -0.05) is 77.0 Å². The fourth-order valence-electron chi connectivity index (χ4n) is 6.89. The zero-order chi connectivity index (χ0) is 33.4. The summed E-state index contributed by atoms with van der Waals surface area (Å²) in [4.78, 5) is 48.2. The molecule has 1 N–H and O–H groups in total. The average Bonchev–Trinajstić information content (AvgIpc) is 3.89. The maximum atomic E-state index is 13.4.